The Morgan fingerprint density at radius 2 is 1.85 bits per heavy atom. The number of carbonyl (C=O) groups excluding carboxylic acids is 2. The van der Waals surface area contributed by atoms with Crippen LogP contribution in [0.2, 0.25) is 0 Å². The Kier molecular flexibility index (Phi) is 18.1. The molecule has 0 aromatic heterocycles. The summed E-state index contributed by atoms with van der Waals surface area (Å²) in [7, 11) is 0. The molecule has 146 valence electrons. The van der Waals surface area contributed by atoms with Gasteiger partial charge in [0.1, 0.15) is 6.29 Å². The van der Waals surface area contributed by atoms with Crippen molar-refractivity contribution in [2.45, 2.75) is 84.5 Å². The fraction of sp³-hybridized carbons (Fsp3) is 0.652. The van der Waals surface area contributed by atoms with Gasteiger partial charge in [0.15, 0.2) is 0 Å². The topological polar surface area (TPSA) is 43.4 Å². The summed E-state index contributed by atoms with van der Waals surface area (Å²) in [6.07, 6.45) is 20.3. The lowest BCUT2D eigenvalue weighted by Gasteiger charge is -2.09. The number of carbonyl (C=O) groups is 2. The van der Waals surface area contributed by atoms with Crippen LogP contribution in [0, 0.1) is 17.8 Å². The van der Waals surface area contributed by atoms with Crippen molar-refractivity contribution in [3.8, 4) is 11.8 Å². The van der Waals surface area contributed by atoms with Crippen LogP contribution in [-0.2, 0) is 14.3 Å². The molecule has 0 N–H and O–H groups in total. The van der Waals surface area contributed by atoms with Gasteiger partial charge in [0.2, 0.25) is 0 Å². The number of cyclic esters (lactones) is 1. The molecule has 1 atom stereocenters. The van der Waals surface area contributed by atoms with Crippen molar-refractivity contribution in [2.75, 3.05) is 6.61 Å². The normalized spacial score (nSPS) is 18.8. The zero-order chi connectivity index (χ0) is 19.3. The average molecular weight is 361 g/mol. The van der Waals surface area contributed by atoms with Gasteiger partial charge in [-0.1, -0.05) is 31.2 Å². The Morgan fingerprint density at radius 1 is 1.12 bits per heavy atom. The summed E-state index contributed by atoms with van der Waals surface area (Å²) in [6.45, 7) is 4.62. The molecule has 1 aliphatic heterocycles. The molecule has 0 spiro atoms. The van der Waals surface area contributed by atoms with Gasteiger partial charge in [-0.05, 0) is 64.2 Å². The summed E-state index contributed by atoms with van der Waals surface area (Å²) in [5.74, 6) is 6.28. The van der Waals surface area contributed by atoms with E-state index >= 15 is 0 Å². The van der Waals surface area contributed by atoms with E-state index in [1.54, 1.807) is 0 Å². The van der Waals surface area contributed by atoms with Crippen LogP contribution in [0.15, 0.2) is 24.3 Å². The number of hydrogen-bond acceptors (Lipinski definition) is 3. The first-order valence-corrected chi connectivity index (χ1v) is 9.99. The standard InChI is InChI=1S/C15H24O2.C8H12O/c1-14-10-8-6-4-2-3-5-7-9-11-15(16)17-13-12-14;1-2-3-4-5-6-7-8-9/h4,6-7,9,14H,2-3,5,8,10-13H2,1H3;8H,4-7H2,1H3. The fourth-order valence-corrected chi connectivity index (χ4v) is 2.41. The van der Waals surface area contributed by atoms with E-state index in [0.29, 0.717) is 25.4 Å². The van der Waals surface area contributed by atoms with E-state index in [0.717, 1.165) is 57.7 Å². The highest BCUT2D eigenvalue weighted by Crippen LogP contribution is 2.12. The molecule has 0 radical (unpaired) electrons. The van der Waals surface area contributed by atoms with E-state index in [-0.39, 0.29) is 5.97 Å². The Balaban J connectivity index is 0.000000590. The fourth-order valence-electron chi connectivity index (χ4n) is 2.41. The lowest BCUT2D eigenvalue weighted by Crippen LogP contribution is -2.07. The molecule has 0 aliphatic carbocycles. The zero-order valence-electron chi connectivity index (χ0n) is 16.7. The van der Waals surface area contributed by atoms with Gasteiger partial charge < -0.3 is 9.53 Å². The number of rotatable bonds is 4. The van der Waals surface area contributed by atoms with E-state index in [9.17, 15) is 9.59 Å². The van der Waals surface area contributed by atoms with Crippen LogP contribution < -0.4 is 0 Å². The minimum absolute atomic E-state index is 0.0959. The van der Waals surface area contributed by atoms with Crippen molar-refractivity contribution in [1.82, 2.24) is 0 Å². The van der Waals surface area contributed by atoms with Crippen LogP contribution in [0.3, 0.4) is 0 Å². The van der Waals surface area contributed by atoms with Gasteiger partial charge in [-0.3, -0.25) is 4.79 Å². The number of esters is 1. The first kappa shape index (κ1) is 24.2. The molecule has 1 rings (SSSR count). The van der Waals surface area contributed by atoms with Crippen molar-refractivity contribution < 1.29 is 14.3 Å². The largest absolute Gasteiger partial charge is 0.465 e. The molecule has 0 amide bonds. The number of ether oxygens (including phenoxy) is 1. The molecule has 3 heteroatoms. The molecule has 26 heavy (non-hydrogen) atoms. The summed E-state index contributed by atoms with van der Waals surface area (Å²) >= 11 is 0. The van der Waals surface area contributed by atoms with Gasteiger partial charge in [0, 0.05) is 12.8 Å². The molecule has 0 aromatic rings. The SMILES string of the molecule is CC#CCCCCC=O.CC1CCC=CCCCC=CCC(=O)OCC1. The Hall–Kier alpha value is -1.82. The van der Waals surface area contributed by atoms with Crippen LogP contribution in [0.5, 0.6) is 0 Å². The van der Waals surface area contributed by atoms with Crippen molar-refractivity contribution in [2.24, 2.45) is 5.92 Å². The maximum Gasteiger partial charge on any atom is 0.309 e. The van der Waals surface area contributed by atoms with Crippen LogP contribution in [0.1, 0.15) is 84.5 Å². The first-order valence-electron chi connectivity index (χ1n) is 9.99. The van der Waals surface area contributed by atoms with Gasteiger partial charge in [-0.25, -0.2) is 0 Å². The molecular weight excluding hydrogens is 324 g/mol. The number of hydrogen-bond donors (Lipinski definition) is 0. The second kappa shape index (κ2) is 19.5. The van der Waals surface area contributed by atoms with E-state index < -0.39 is 0 Å². The molecule has 1 unspecified atom stereocenters. The second-order valence-electron chi connectivity index (χ2n) is 6.61. The highest BCUT2D eigenvalue weighted by Gasteiger charge is 2.04. The number of unbranched alkanes of at least 4 members (excludes halogenated alkanes) is 3. The highest BCUT2D eigenvalue weighted by molar-refractivity contribution is 5.71. The molecule has 0 bridgehead atoms. The van der Waals surface area contributed by atoms with Crippen molar-refractivity contribution in [3.05, 3.63) is 24.3 Å². The summed E-state index contributed by atoms with van der Waals surface area (Å²) in [5, 5.41) is 0. The third-order valence-electron chi connectivity index (χ3n) is 4.11. The number of aldehydes is 1. The first-order chi connectivity index (χ1) is 12.7. The smallest absolute Gasteiger partial charge is 0.309 e. The summed E-state index contributed by atoms with van der Waals surface area (Å²) < 4.78 is 5.18. The van der Waals surface area contributed by atoms with Crippen molar-refractivity contribution in [3.63, 3.8) is 0 Å². The summed E-state index contributed by atoms with van der Waals surface area (Å²) in [6, 6.07) is 0. The van der Waals surface area contributed by atoms with E-state index in [1.807, 2.05) is 13.0 Å². The Labute approximate surface area is 160 Å². The minimum atomic E-state index is -0.0959. The Bertz CT molecular complexity index is 466. The van der Waals surface area contributed by atoms with E-state index in [2.05, 4.69) is 37.0 Å². The predicted octanol–water partition coefficient (Wildman–Crippen LogP) is 5.79. The average Bonchev–Trinajstić information content (AvgIpc) is 2.64. The maximum absolute atomic E-state index is 11.3. The zero-order valence-corrected chi connectivity index (χ0v) is 16.7. The van der Waals surface area contributed by atoms with Gasteiger partial charge in [0.25, 0.3) is 0 Å². The number of allylic oxidation sites excluding steroid dienone is 3. The maximum atomic E-state index is 11.3. The van der Waals surface area contributed by atoms with Crippen LogP contribution >= 0.6 is 0 Å². The Morgan fingerprint density at radius 3 is 2.58 bits per heavy atom. The third kappa shape index (κ3) is 18.5. The monoisotopic (exact) mass is 360 g/mol. The minimum Gasteiger partial charge on any atom is -0.465 e. The van der Waals surface area contributed by atoms with Crippen LogP contribution in [-0.4, -0.2) is 18.9 Å². The van der Waals surface area contributed by atoms with Crippen molar-refractivity contribution in [1.29, 1.82) is 0 Å². The van der Waals surface area contributed by atoms with Gasteiger partial charge in [-0.2, -0.15) is 0 Å². The van der Waals surface area contributed by atoms with E-state index in [4.69, 9.17) is 4.74 Å². The highest BCUT2D eigenvalue weighted by atomic mass is 16.5. The van der Waals surface area contributed by atoms with Gasteiger partial charge in [-0.15, -0.1) is 11.8 Å². The molecule has 0 saturated heterocycles. The van der Waals surface area contributed by atoms with Gasteiger partial charge in [0.05, 0.1) is 13.0 Å². The summed E-state index contributed by atoms with van der Waals surface area (Å²) in [5.41, 5.74) is 0. The lowest BCUT2D eigenvalue weighted by molar-refractivity contribution is -0.142. The van der Waals surface area contributed by atoms with Gasteiger partial charge >= 0.3 is 5.97 Å². The molecular formula is C23H36O3. The quantitative estimate of drug-likeness (QED) is 0.209. The van der Waals surface area contributed by atoms with Crippen molar-refractivity contribution >= 4 is 12.3 Å². The molecule has 0 fully saturated rings. The predicted molar refractivity (Wildman–Crippen MR) is 109 cm³/mol. The molecule has 3 nitrogen and oxygen atoms in total. The third-order valence-corrected chi connectivity index (χ3v) is 4.11. The van der Waals surface area contributed by atoms with Crippen LogP contribution in [0.4, 0.5) is 0 Å². The van der Waals surface area contributed by atoms with Crippen LogP contribution in [0.25, 0.3) is 0 Å². The lowest BCUT2D eigenvalue weighted by atomic mass is 10.0. The summed E-state index contributed by atoms with van der Waals surface area (Å²) in [4.78, 5) is 21.1. The second-order valence-corrected chi connectivity index (χ2v) is 6.61. The molecule has 1 heterocycles. The molecule has 1 aliphatic rings. The van der Waals surface area contributed by atoms with E-state index in [1.165, 1.54) is 6.42 Å². The molecule has 0 saturated carbocycles. The molecule has 0 aromatic carbocycles.